The van der Waals surface area contributed by atoms with Crippen molar-refractivity contribution in [2.75, 3.05) is 47.5 Å². The van der Waals surface area contributed by atoms with Gasteiger partial charge in [0.2, 0.25) is 0 Å². The van der Waals surface area contributed by atoms with Crippen LogP contribution in [0.4, 0.5) is 0 Å². The van der Waals surface area contributed by atoms with Crippen LogP contribution < -0.4 is 10.1 Å². The fraction of sp³-hybridized carbons (Fsp3) is 0.600. The summed E-state index contributed by atoms with van der Waals surface area (Å²) in [6.07, 6.45) is 0. The Morgan fingerprint density at radius 3 is 2.63 bits per heavy atom. The van der Waals surface area contributed by atoms with E-state index in [-0.39, 0.29) is 0 Å². The summed E-state index contributed by atoms with van der Waals surface area (Å²) in [5.74, 6) is 0.947. The van der Waals surface area contributed by atoms with E-state index in [1.165, 1.54) is 11.1 Å². The van der Waals surface area contributed by atoms with E-state index < -0.39 is 0 Å². The summed E-state index contributed by atoms with van der Waals surface area (Å²) in [7, 11) is 5.55. The molecular formula is C15H26N2O2. The summed E-state index contributed by atoms with van der Waals surface area (Å²) in [4.78, 5) is 2.26. The third kappa shape index (κ3) is 6.05. The molecular weight excluding hydrogens is 240 g/mol. The number of nitrogens with zero attached hydrogens (tertiary/aromatic N) is 1. The summed E-state index contributed by atoms with van der Waals surface area (Å²) in [6, 6.07) is 6.30. The Bertz CT molecular complexity index is 369. The average molecular weight is 266 g/mol. The number of hydrogen-bond donors (Lipinski definition) is 1. The quantitative estimate of drug-likeness (QED) is 0.689. The van der Waals surface area contributed by atoms with Crippen LogP contribution in [0.3, 0.4) is 0 Å². The molecule has 0 fully saturated rings. The van der Waals surface area contributed by atoms with Crippen LogP contribution in [-0.4, -0.2) is 52.4 Å². The van der Waals surface area contributed by atoms with Crippen LogP contribution in [0.5, 0.6) is 5.75 Å². The maximum absolute atomic E-state index is 5.26. The van der Waals surface area contributed by atoms with Gasteiger partial charge in [0, 0.05) is 33.3 Å². The first-order chi connectivity index (χ1) is 9.17. The van der Waals surface area contributed by atoms with Crippen molar-refractivity contribution in [3.8, 4) is 5.75 Å². The van der Waals surface area contributed by atoms with Crippen LogP contribution >= 0.6 is 0 Å². The standard InChI is InChI=1S/C15H26N2O2/c1-13-11-14(5-6-15(13)19-4)12-16-7-8-17(2)9-10-18-3/h5-6,11,16H,7-10,12H2,1-4H3. The van der Waals surface area contributed by atoms with Gasteiger partial charge in [-0.1, -0.05) is 12.1 Å². The van der Waals surface area contributed by atoms with Gasteiger partial charge in [0.25, 0.3) is 0 Å². The molecule has 108 valence electrons. The van der Waals surface area contributed by atoms with Crippen LogP contribution in [-0.2, 0) is 11.3 Å². The van der Waals surface area contributed by atoms with Gasteiger partial charge in [-0.3, -0.25) is 0 Å². The predicted octanol–water partition coefficient (Wildman–Crippen LogP) is 1.67. The number of nitrogens with one attached hydrogen (secondary N) is 1. The van der Waals surface area contributed by atoms with Gasteiger partial charge in [0.05, 0.1) is 13.7 Å². The Morgan fingerprint density at radius 1 is 1.21 bits per heavy atom. The molecule has 0 radical (unpaired) electrons. The molecule has 4 nitrogen and oxygen atoms in total. The molecule has 0 amide bonds. The fourth-order valence-electron chi connectivity index (χ4n) is 1.91. The number of aryl methyl sites for hydroxylation is 1. The number of methoxy groups -OCH3 is 2. The number of hydrogen-bond acceptors (Lipinski definition) is 4. The highest BCUT2D eigenvalue weighted by atomic mass is 16.5. The van der Waals surface area contributed by atoms with Gasteiger partial charge < -0.3 is 19.7 Å². The Kier molecular flexibility index (Phi) is 7.48. The number of ether oxygens (including phenoxy) is 2. The Hall–Kier alpha value is -1.10. The second kappa shape index (κ2) is 8.91. The third-order valence-corrected chi connectivity index (χ3v) is 3.14. The van der Waals surface area contributed by atoms with E-state index >= 15 is 0 Å². The minimum Gasteiger partial charge on any atom is -0.496 e. The fourth-order valence-corrected chi connectivity index (χ4v) is 1.91. The first kappa shape index (κ1) is 16.0. The monoisotopic (exact) mass is 266 g/mol. The van der Waals surface area contributed by atoms with Crippen LogP contribution in [0, 0.1) is 6.92 Å². The lowest BCUT2D eigenvalue weighted by atomic mass is 10.1. The summed E-state index contributed by atoms with van der Waals surface area (Å²) in [5, 5.41) is 3.45. The van der Waals surface area contributed by atoms with Crippen molar-refractivity contribution in [1.82, 2.24) is 10.2 Å². The molecule has 1 aromatic carbocycles. The molecule has 0 aliphatic rings. The average Bonchev–Trinajstić information content (AvgIpc) is 2.41. The molecule has 0 unspecified atom stereocenters. The van der Waals surface area contributed by atoms with Gasteiger partial charge in [-0.05, 0) is 31.2 Å². The van der Waals surface area contributed by atoms with Crippen molar-refractivity contribution in [2.24, 2.45) is 0 Å². The lowest BCUT2D eigenvalue weighted by Crippen LogP contribution is -2.31. The molecule has 19 heavy (non-hydrogen) atoms. The van der Waals surface area contributed by atoms with Crippen LogP contribution in [0.2, 0.25) is 0 Å². The van der Waals surface area contributed by atoms with E-state index in [0.717, 1.165) is 38.5 Å². The Morgan fingerprint density at radius 2 is 2.00 bits per heavy atom. The summed E-state index contributed by atoms with van der Waals surface area (Å²) < 4.78 is 10.3. The largest absolute Gasteiger partial charge is 0.496 e. The second-order valence-corrected chi connectivity index (χ2v) is 4.78. The zero-order valence-electron chi connectivity index (χ0n) is 12.5. The number of rotatable bonds is 9. The second-order valence-electron chi connectivity index (χ2n) is 4.78. The highest BCUT2D eigenvalue weighted by molar-refractivity contribution is 5.36. The van der Waals surface area contributed by atoms with E-state index in [0.29, 0.717) is 0 Å². The van der Waals surface area contributed by atoms with E-state index in [2.05, 4.69) is 36.3 Å². The molecule has 0 spiro atoms. The molecule has 0 atom stereocenters. The molecule has 0 saturated carbocycles. The summed E-state index contributed by atoms with van der Waals surface area (Å²) in [5.41, 5.74) is 2.47. The van der Waals surface area contributed by atoms with Gasteiger partial charge in [-0.2, -0.15) is 0 Å². The van der Waals surface area contributed by atoms with Gasteiger partial charge >= 0.3 is 0 Å². The first-order valence-corrected chi connectivity index (χ1v) is 6.69. The molecule has 0 saturated heterocycles. The normalized spacial score (nSPS) is 11.0. The minimum absolute atomic E-state index is 0.786. The highest BCUT2D eigenvalue weighted by Gasteiger charge is 2.00. The van der Waals surface area contributed by atoms with Crippen LogP contribution in [0.25, 0.3) is 0 Å². The van der Waals surface area contributed by atoms with Crippen molar-refractivity contribution < 1.29 is 9.47 Å². The SMILES string of the molecule is COCCN(C)CCNCc1ccc(OC)c(C)c1. The molecule has 1 rings (SSSR count). The molecule has 4 heteroatoms. The van der Waals surface area contributed by atoms with E-state index in [1.54, 1.807) is 14.2 Å². The zero-order chi connectivity index (χ0) is 14.1. The van der Waals surface area contributed by atoms with Crippen molar-refractivity contribution in [1.29, 1.82) is 0 Å². The number of benzene rings is 1. The van der Waals surface area contributed by atoms with Crippen molar-refractivity contribution in [3.63, 3.8) is 0 Å². The van der Waals surface area contributed by atoms with Crippen LogP contribution in [0.15, 0.2) is 18.2 Å². The minimum atomic E-state index is 0.786. The lowest BCUT2D eigenvalue weighted by Gasteiger charge is -2.16. The molecule has 1 aromatic rings. The highest BCUT2D eigenvalue weighted by Crippen LogP contribution is 2.18. The van der Waals surface area contributed by atoms with Crippen LogP contribution in [0.1, 0.15) is 11.1 Å². The van der Waals surface area contributed by atoms with Crippen molar-refractivity contribution >= 4 is 0 Å². The van der Waals surface area contributed by atoms with Gasteiger partial charge in [-0.15, -0.1) is 0 Å². The lowest BCUT2D eigenvalue weighted by molar-refractivity contribution is 0.161. The third-order valence-electron chi connectivity index (χ3n) is 3.14. The topological polar surface area (TPSA) is 33.7 Å². The van der Waals surface area contributed by atoms with E-state index in [9.17, 15) is 0 Å². The molecule has 0 aliphatic heterocycles. The molecule has 0 heterocycles. The smallest absolute Gasteiger partial charge is 0.121 e. The maximum atomic E-state index is 5.26. The van der Waals surface area contributed by atoms with E-state index in [1.807, 2.05) is 6.07 Å². The summed E-state index contributed by atoms with van der Waals surface area (Å²) >= 11 is 0. The predicted molar refractivity (Wildman–Crippen MR) is 78.8 cm³/mol. The number of likely N-dealkylation sites (N-methyl/N-ethyl adjacent to an activating group) is 1. The maximum Gasteiger partial charge on any atom is 0.121 e. The summed E-state index contributed by atoms with van der Waals surface area (Å²) in [6.45, 7) is 6.72. The molecule has 0 bridgehead atoms. The Balaban J connectivity index is 2.24. The van der Waals surface area contributed by atoms with Crippen molar-refractivity contribution in [3.05, 3.63) is 29.3 Å². The van der Waals surface area contributed by atoms with Gasteiger partial charge in [0.1, 0.15) is 5.75 Å². The molecule has 0 aliphatic carbocycles. The molecule has 0 aromatic heterocycles. The van der Waals surface area contributed by atoms with Gasteiger partial charge in [-0.25, -0.2) is 0 Å². The van der Waals surface area contributed by atoms with Gasteiger partial charge in [0.15, 0.2) is 0 Å². The zero-order valence-corrected chi connectivity index (χ0v) is 12.5. The van der Waals surface area contributed by atoms with Crippen molar-refractivity contribution in [2.45, 2.75) is 13.5 Å². The Labute approximate surface area is 116 Å². The first-order valence-electron chi connectivity index (χ1n) is 6.69. The van der Waals surface area contributed by atoms with E-state index in [4.69, 9.17) is 9.47 Å². The molecule has 1 N–H and O–H groups in total.